The first-order valence-electron chi connectivity index (χ1n) is 6.71. The van der Waals surface area contributed by atoms with Crippen LogP contribution in [0.5, 0.6) is 0 Å². The lowest BCUT2D eigenvalue weighted by Crippen LogP contribution is -2.60. The largest absolute Gasteiger partial charge is 0.505 e. The van der Waals surface area contributed by atoms with Crippen molar-refractivity contribution in [1.29, 1.82) is 0 Å². The van der Waals surface area contributed by atoms with Gasteiger partial charge in [-0.2, -0.15) is 0 Å². The number of aliphatic hydroxyl groups is 7. The van der Waals surface area contributed by atoms with Crippen LogP contribution in [-0.2, 0) is 19.0 Å². The minimum absolute atomic E-state index is 0.682. The third-order valence-electron chi connectivity index (χ3n) is 3.61. The van der Waals surface area contributed by atoms with Crippen LogP contribution in [0.4, 0.5) is 0 Å². The monoisotopic (exact) mass is 338 g/mol. The molecule has 0 unspecified atom stereocenters. The van der Waals surface area contributed by atoms with E-state index in [0.717, 1.165) is 0 Å². The Kier molecular flexibility index (Phi) is 5.41. The van der Waals surface area contributed by atoms with Gasteiger partial charge >= 0.3 is 5.97 Å². The van der Waals surface area contributed by atoms with Crippen molar-refractivity contribution >= 4 is 5.97 Å². The van der Waals surface area contributed by atoms with E-state index in [0.29, 0.717) is 0 Å². The van der Waals surface area contributed by atoms with Gasteiger partial charge in [0, 0.05) is 0 Å². The molecule has 11 heteroatoms. The lowest BCUT2D eigenvalue weighted by molar-refractivity contribution is -0.318. The molecule has 0 spiro atoms. The second kappa shape index (κ2) is 6.97. The molecule has 0 aromatic carbocycles. The van der Waals surface area contributed by atoms with E-state index in [1.165, 1.54) is 0 Å². The number of ether oxygens (including phenoxy) is 3. The fourth-order valence-electron chi connectivity index (χ4n) is 2.28. The van der Waals surface area contributed by atoms with Crippen LogP contribution in [0.3, 0.4) is 0 Å². The standard InChI is InChI=1S/C12H18O11/c13-1-3-5(15)6(16)9(19)12(21-3)22-4(2-14)10-7(17)8(18)11(20)23-10/h3-6,9-10,12-19H,1-2H2/t3-,4+,5-,6+,9-,10-,12+/m1/s1. The van der Waals surface area contributed by atoms with E-state index in [1.807, 2.05) is 0 Å². The SMILES string of the molecule is O=C1O[C@H]([C@H](CO)O[C@@H]2O[C@H](CO)[C@@H](O)[C@H](O)[C@H]2O)C(O)=C1O. The minimum Gasteiger partial charge on any atom is -0.505 e. The number of hydrogen-bond donors (Lipinski definition) is 7. The molecule has 2 aliphatic heterocycles. The molecule has 23 heavy (non-hydrogen) atoms. The number of carbonyl (C=O) groups excluding carboxylic acids is 1. The second-order valence-electron chi connectivity index (χ2n) is 5.11. The molecule has 0 aliphatic carbocycles. The summed E-state index contributed by atoms with van der Waals surface area (Å²) in [5.41, 5.74) is 0. The molecule has 2 aliphatic rings. The molecular formula is C12H18O11. The molecule has 2 rings (SSSR count). The second-order valence-corrected chi connectivity index (χ2v) is 5.11. The maximum Gasteiger partial charge on any atom is 0.377 e. The Morgan fingerprint density at radius 3 is 2.22 bits per heavy atom. The summed E-state index contributed by atoms with van der Waals surface area (Å²) in [5.74, 6) is -3.12. The fourth-order valence-corrected chi connectivity index (χ4v) is 2.28. The van der Waals surface area contributed by atoms with Gasteiger partial charge in [-0.3, -0.25) is 0 Å². The van der Waals surface area contributed by atoms with E-state index < -0.39 is 73.6 Å². The third kappa shape index (κ3) is 3.26. The first-order valence-corrected chi connectivity index (χ1v) is 6.71. The van der Waals surface area contributed by atoms with Gasteiger partial charge in [0.05, 0.1) is 13.2 Å². The smallest absolute Gasteiger partial charge is 0.377 e. The van der Waals surface area contributed by atoms with E-state index in [-0.39, 0.29) is 0 Å². The van der Waals surface area contributed by atoms with Gasteiger partial charge in [0.1, 0.15) is 30.5 Å². The molecule has 0 saturated carbocycles. The lowest BCUT2D eigenvalue weighted by Gasteiger charge is -2.41. The van der Waals surface area contributed by atoms with Gasteiger partial charge in [-0.05, 0) is 0 Å². The summed E-state index contributed by atoms with van der Waals surface area (Å²) in [5, 5.41) is 66.3. The van der Waals surface area contributed by atoms with E-state index in [1.54, 1.807) is 0 Å². The summed E-state index contributed by atoms with van der Waals surface area (Å²) in [6.45, 7) is -1.48. The first-order chi connectivity index (χ1) is 10.8. The van der Waals surface area contributed by atoms with Crippen LogP contribution in [-0.4, -0.2) is 97.8 Å². The van der Waals surface area contributed by atoms with Gasteiger partial charge < -0.3 is 50.0 Å². The normalized spacial score (nSPS) is 39.4. The van der Waals surface area contributed by atoms with Crippen LogP contribution in [0.15, 0.2) is 11.5 Å². The minimum atomic E-state index is -1.74. The zero-order chi connectivity index (χ0) is 17.3. The summed E-state index contributed by atoms with van der Waals surface area (Å²) < 4.78 is 14.9. The predicted octanol–water partition coefficient (Wildman–Crippen LogP) is -3.58. The van der Waals surface area contributed by atoms with Crippen molar-refractivity contribution in [2.45, 2.75) is 42.9 Å². The van der Waals surface area contributed by atoms with Crippen LogP contribution in [0, 0.1) is 0 Å². The van der Waals surface area contributed by atoms with Crippen molar-refractivity contribution in [3.8, 4) is 0 Å². The maximum absolute atomic E-state index is 11.2. The zero-order valence-electron chi connectivity index (χ0n) is 11.7. The Morgan fingerprint density at radius 2 is 1.74 bits per heavy atom. The van der Waals surface area contributed by atoms with Gasteiger partial charge in [0.2, 0.25) is 5.76 Å². The highest BCUT2D eigenvalue weighted by atomic mass is 16.7. The number of rotatable bonds is 5. The Morgan fingerprint density at radius 1 is 1.09 bits per heavy atom. The third-order valence-corrected chi connectivity index (χ3v) is 3.61. The Hall–Kier alpha value is -1.47. The molecule has 11 nitrogen and oxygen atoms in total. The molecule has 132 valence electrons. The quantitative estimate of drug-likeness (QED) is 0.246. The van der Waals surface area contributed by atoms with Gasteiger partial charge in [-0.15, -0.1) is 0 Å². The molecule has 2 heterocycles. The predicted molar refractivity (Wildman–Crippen MR) is 67.9 cm³/mol. The molecule has 0 aromatic rings. The first kappa shape index (κ1) is 17.9. The molecule has 0 amide bonds. The van der Waals surface area contributed by atoms with Gasteiger partial charge in [-0.1, -0.05) is 0 Å². The van der Waals surface area contributed by atoms with Crippen LogP contribution in [0.1, 0.15) is 0 Å². The van der Waals surface area contributed by atoms with E-state index >= 15 is 0 Å². The van der Waals surface area contributed by atoms with Crippen LogP contribution in [0.25, 0.3) is 0 Å². The Balaban J connectivity index is 2.11. The molecule has 0 aromatic heterocycles. The molecule has 7 N–H and O–H groups in total. The van der Waals surface area contributed by atoms with Crippen molar-refractivity contribution in [3.63, 3.8) is 0 Å². The number of aliphatic hydroxyl groups excluding tert-OH is 7. The highest BCUT2D eigenvalue weighted by Gasteiger charge is 2.47. The average molecular weight is 338 g/mol. The summed E-state index contributed by atoms with van der Waals surface area (Å²) in [7, 11) is 0. The van der Waals surface area contributed by atoms with Crippen LogP contribution < -0.4 is 0 Å². The molecule has 0 bridgehead atoms. The van der Waals surface area contributed by atoms with Gasteiger partial charge in [0.15, 0.2) is 18.2 Å². The summed E-state index contributed by atoms with van der Waals surface area (Å²) in [6.07, 6.45) is -10.8. The molecule has 1 saturated heterocycles. The molecule has 0 radical (unpaired) electrons. The van der Waals surface area contributed by atoms with Crippen molar-refractivity contribution in [2.75, 3.05) is 13.2 Å². The topological polar surface area (TPSA) is 186 Å². The molecule has 7 atom stereocenters. The Bertz CT molecular complexity index is 476. The van der Waals surface area contributed by atoms with E-state index in [9.17, 15) is 35.4 Å². The lowest BCUT2D eigenvalue weighted by atomic mass is 9.99. The van der Waals surface area contributed by atoms with E-state index in [4.69, 9.17) is 14.6 Å². The van der Waals surface area contributed by atoms with Crippen molar-refractivity contribution in [2.24, 2.45) is 0 Å². The van der Waals surface area contributed by atoms with Crippen molar-refractivity contribution in [3.05, 3.63) is 11.5 Å². The van der Waals surface area contributed by atoms with Crippen LogP contribution >= 0.6 is 0 Å². The van der Waals surface area contributed by atoms with Crippen molar-refractivity contribution in [1.82, 2.24) is 0 Å². The number of hydrogen-bond acceptors (Lipinski definition) is 11. The van der Waals surface area contributed by atoms with E-state index in [2.05, 4.69) is 4.74 Å². The molecular weight excluding hydrogens is 320 g/mol. The highest BCUT2D eigenvalue weighted by Crippen LogP contribution is 2.27. The van der Waals surface area contributed by atoms with Gasteiger partial charge in [0.25, 0.3) is 0 Å². The average Bonchev–Trinajstić information content (AvgIpc) is 2.79. The van der Waals surface area contributed by atoms with Crippen molar-refractivity contribution < 1.29 is 54.8 Å². The number of esters is 1. The van der Waals surface area contributed by atoms with Crippen LogP contribution in [0.2, 0.25) is 0 Å². The summed E-state index contributed by atoms with van der Waals surface area (Å²) in [4.78, 5) is 11.2. The van der Waals surface area contributed by atoms with Gasteiger partial charge in [-0.25, -0.2) is 4.79 Å². The highest BCUT2D eigenvalue weighted by molar-refractivity contribution is 5.89. The summed E-state index contributed by atoms with van der Waals surface area (Å²) >= 11 is 0. The fraction of sp³-hybridized carbons (Fsp3) is 0.750. The zero-order valence-corrected chi connectivity index (χ0v) is 11.7. The maximum atomic E-state index is 11.2. The molecule has 1 fully saturated rings. The number of carbonyl (C=O) groups is 1. The summed E-state index contributed by atoms with van der Waals surface area (Å²) in [6, 6.07) is 0. The number of cyclic esters (lactones) is 1. The Labute approximate surface area is 129 Å².